The van der Waals surface area contributed by atoms with Gasteiger partial charge in [0.05, 0.1) is 5.56 Å². The van der Waals surface area contributed by atoms with Crippen LogP contribution in [-0.4, -0.2) is 30.5 Å². The highest BCUT2D eigenvalue weighted by Crippen LogP contribution is 2.20. The van der Waals surface area contributed by atoms with Gasteiger partial charge in [-0.15, -0.1) is 0 Å². The van der Waals surface area contributed by atoms with Gasteiger partial charge in [-0.25, -0.2) is 0 Å². The Morgan fingerprint density at radius 2 is 2.22 bits per heavy atom. The number of rotatable bonds is 6. The number of carbonyl (C=O) groups excluding carboxylic acids is 1. The average Bonchev–Trinajstić information content (AvgIpc) is 2.36. The molecule has 4 nitrogen and oxygen atoms in total. The maximum absolute atomic E-state index is 11.9. The molecule has 0 radical (unpaired) electrons. The van der Waals surface area contributed by atoms with E-state index in [1.807, 2.05) is 6.92 Å². The van der Waals surface area contributed by atoms with Crippen molar-refractivity contribution in [3.63, 3.8) is 0 Å². The molecule has 0 spiro atoms. The molecule has 100 valence electrons. The van der Waals surface area contributed by atoms with Crippen LogP contribution in [0.25, 0.3) is 0 Å². The first-order chi connectivity index (χ1) is 8.58. The lowest BCUT2D eigenvalue weighted by atomic mass is 10.1. The van der Waals surface area contributed by atoms with Crippen LogP contribution >= 0.6 is 11.8 Å². The Balaban J connectivity index is 2.86. The molecule has 1 aromatic carbocycles. The number of nitrogen functional groups attached to an aromatic ring is 1. The summed E-state index contributed by atoms with van der Waals surface area (Å²) in [5, 5.41) is 6.56. The molecule has 18 heavy (non-hydrogen) atoms. The molecule has 0 fully saturated rings. The predicted molar refractivity (Wildman–Crippen MR) is 80.3 cm³/mol. The van der Waals surface area contributed by atoms with Gasteiger partial charge in [0.1, 0.15) is 0 Å². The fourth-order valence-electron chi connectivity index (χ4n) is 1.50. The molecule has 4 N–H and O–H groups in total. The molecule has 1 amide bonds. The highest BCUT2D eigenvalue weighted by atomic mass is 32.2. The number of amides is 1. The number of hydrogen-bond donors (Lipinski definition) is 3. The maximum atomic E-state index is 11.9. The zero-order valence-corrected chi connectivity index (χ0v) is 11.9. The number of thioether (sulfide) groups is 1. The van der Waals surface area contributed by atoms with Gasteiger partial charge in [0.15, 0.2) is 0 Å². The van der Waals surface area contributed by atoms with E-state index in [4.69, 9.17) is 5.73 Å². The van der Waals surface area contributed by atoms with E-state index in [1.165, 1.54) is 0 Å². The molecule has 0 aliphatic heterocycles. The summed E-state index contributed by atoms with van der Waals surface area (Å²) in [6.07, 6.45) is 2.07. The van der Waals surface area contributed by atoms with Crippen molar-refractivity contribution in [2.45, 2.75) is 19.1 Å². The largest absolute Gasteiger partial charge is 0.399 e. The van der Waals surface area contributed by atoms with E-state index in [9.17, 15) is 4.79 Å². The molecule has 0 aromatic heterocycles. The van der Waals surface area contributed by atoms with E-state index in [1.54, 1.807) is 30.0 Å². The summed E-state index contributed by atoms with van der Waals surface area (Å²) < 4.78 is 0. The topological polar surface area (TPSA) is 67.2 Å². The summed E-state index contributed by atoms with van der Waals surface area (Å²) in [6, 6.07) is 5.30. The molecule has 0 bridgehead atoms. The van der Waals surface area contributed by atoms with E-state index in [2.05, 4.69) is 23.8 Å². The zero-order chi connectivity index (χ0) is 13.5. The smallest absolute Gasteiger partial charge is 0.253 e. The summed E-state index contributed by atoms with van der Waals surface area (Å²) in [6.45, 7) is 5.45. The van der Waals surface area contributed by atoms with Gasteiger partial charge in [-0.3, -0.25) is 4.79 Å². The Labute approximate surface area is 113 Å². The van der Waals surface area contributed by atoms with E-state index in [0.717, 1.165) is 12.2 Å². The first-order valence-corrected chi connectivity index (χ1v) is 7.31. The van der Waals surface area contributed by atoms with Crippen LogP contribution in [0.15, 0.2) is 18.2 Å². The third-order valence-corrected chi connectivity index (χ3v) is 3.58. The van der Waals surface area contributed by atoms with Crippen LogP contribution in [0.5, 0.6) is 0 Å². The van der Waals surface area contributed by atoms with Crippen LogP contribution in [0, 0.1) is 0 Å². The normalized spacial score (nSPS) is 11.9. The molecule has 1 atom stereocenters. The van der Waals surface area contributed by atoms with Crippen LogP contribution in [0.3, 0.4) is 0 Å². The minimum Gasteiger partial charge on any atom is -0.399 e. The Hall–Kier alpha value is -1.36. The van der Waals surface area contributed by atoms with Crippen molar-refractivity contribution in [2.75, 3.05) is 30.4 Å². The van der Waals surface area contributed by atoms with Crippen LogP contribution in [0.1, 0.15) is 24.2 Å². The zero-order valence-electron chi connectivity index (χ0n) is 11.1. The Morgan fingerprint density at radius 1 is 1.50 bits per heavy atom. The van der Waals surface area contributed by atoms with E-state index < -0.39 is 0 Å². The summed E-state index contributed by atoms with van der Waals surface area (Å²) in [5.41, 5.74) is 7.85. The number of nitrogens with two attached hydrogens (primary N) is 1. The van der Waals surface area contributed by atoms with Gasteiger partial charge >= 0.3 is 0 Å². The number of anilines is 2. The lowest BCUT2D eigenvalue weighted by Gasteiger charge is -2.15. The molecule has 0 saturated carbocycles. The molecular weight excluding hydrogens is 246 g/mol. The van der Waals surface area contributed by atoms with Crippen LogP contribution < -0.4 is 16.4 Å². The van der Waals surface area contributed by atoms with Crippen molar-refractivity contribution in [2.24, 2.45) is 0 Å². The minimum absolute atomic E-state index is 0.0724. The van der Waals surface area contributed by atoms with Crippen molar-refractivity contribution < 1.29 is 4.79 Å². The highest BCUT2D eigenvalue weighted by Gasteiger charge is 2.11. The summed E-state index contributed by atoms with van der Waals surface area (Å²) in [7, 11) is 0. The number of carbonyl (C=O) groups is 1. The molecule has 1 rings (SSSR count). The summed E-state index contributed by atoms with van der Waals surface area (Å²) in [4.78, 5) is 11.9. The van der Waals surface area contributed by atoms with Crippen molar-refractivity contribution >= 4 is 29.0 Å². The molecule has 0 aliphatic carbocycles. The second-order valence-electron chi connectivity index (χ2n) is 4.09. The fourth-order valence-corrected chi connectivity index (χ4v) is 1.75. The van der Waals surface area contributed by atoms with Crippen molar-refractivity contribution in [3.05, 3.63) is 23.8 Å². The van der Waals surface area contributed by atoms with Gasteiger partial charge in [-0.05, 0) is 31.4 Å². The molecule has 0 saturated heterocycles. The van der Waals surface area contributed by atoms with Gasteiger partial charge in [0, 0.05) is 29.7 Å². The fraction of sp³-hybridized carbons (Fsp3) is 0.462. The van der Waals surface area contributed by atoms with Gasteiger partial charge in [0.25, 0.3) is 5.91 Å². The first kappa shape index (κ1) is 14.7. The summed E-state index contributed by atoms with van der Waals surface area (Å²) in [5.74, 6) is -0.0724. The van der Waals surface area contributed by atoms with E-state index >= 15 is 0 Å². The van der Waals surface area contributed by atoms with Crippen LogP contribution in [-0.2, 0) is 0 Å². The summed E-state index contributed by atoms with van der Waals surface area (Å²) >= 11 is 1.78. The Kier molecular flexibility index (Phi) is 5.85. The van der Waals surface area contributed by atoms with E-state index in [-0.39, 0.29) is 5.91 Å². The molecule has 1 unspecified atom stereocenters. The third-order valence-electron chi connectivity index (χ3n) is 2.61. The Bertz CT molecular complexity index is 409. The minimum atomic E-state index is -0.0724. The second kappa shape index (κ2) is 7.16. The van der Waals surface area contributed by atoms with Gasteiger partial charge in [-0.1, -0.05) is 6.92 Å². The third kappa shape index (κ3) is 4.14. The maximum Gasteiger partial charge on any atom is 0.253 e. The molecular formula is C13H21N3OS. The monoisotopic (exact) mass is 267 g/mol. The number of hydrogen-bond acceptors (Lipinski definition) is 4. The van der Waals surface area contributed by atoms with Crippen LogP contribution in [0.2, 0.25) is 0 Å². The van der Waals surface area contributed by atoms with Gasteiger partial charge < -0.3 is 16.4 Å². The van der Waals surface area contributed by atoms with E-state index in [0.29, 0.717) is 23.0 Å². The lowest BCUT2D eigenvalue weighted by Crippen LogP contribution is -2.24. The molecule has 0 aliphatic rings. The Morgan fingerprint density at radius 3 is 2.83 bits per heavy atom. The predicted octanol–water partition coefficient (Wildman–Crippen LogP) is 2.18. The molecule has 1 aromatic rings. The van der Waals surface area contributed by atoms with Crippen LogP contribution in [0.4, 0.5) is 11.4 Å². The first-order valence-electron chi connectivity index (χ1n) is 6.02. The lowest BCUT2D eigenvalue weighted by molar-refractivity contribution is 0.0956. The molecule has 5 heteroatoms. The SMILES string of the molecule is CCNC(=O)c1ccc(N)cc1NCC(C)SC. The van der Waals surface area contributed by atoms with Gasteiger partial charge in [-0.2, -0.15) is 11.8 Å². The van der Waals surface area contributed by atoms with Gasteiger partial charge in [0.2, 0.25) is 0 Å². The number of nitrogens with one attached hydrogen (secondary N) is 2. The second-order valence-corrected chi connectivity index (χ2v) is 5.37. The molecule has 0 heterocycles. The quantitative estimate of drug-likeness (QED) is 0.691. The highest BCUT2D eigenvalue weighted by molar-refractivity contribution is 7.99. The standard InChI is InChI=1S/C13H21N3OS/c1-4-15-13(17)11-6-5-10(14)7-12(11)16-8-9(2)18-3/h5-7,9,16H,4,8,14H2,1-3H3,(H,15,17). The number of benzene rings is 1. The van der Waals surface area contributed by atoms with Crippen molar-refractivity contribution in [3.8, 4) is 0 Å². The van der Waals surface area contributed by atoms with Crippen molar-refractivity contribution in [1.29, 1.82) is 0 Å². The van der Waals surface area contributed by atoms with Crippen molar-refractivity contribution in [1.82, 2.24) is 5.32 Å². The average molecular weight is 267 g/mol.